The van der Waals surface area contributed by atoms with Gasteiger partial charge in [0.2, 0.25) is 0 Å². The van der Waals surface area contributed by atoms with Gasteiger partial charge in [0.1, 0.15) is 5.78 Å². The van der Waals surface area contributed by atoms with Crippen molar-refractivity contribution in [2.75, 3.05) is 0 Å². The summed E-state index contributed by atoms with van der Waals surface area (Å²) in [6.45, 7) is 6.18. The van der Waals surface area contributed by atoms with Crippen molar-refractivity contribution in [1.29, 1.82) is 0 Å². The van der Waals surface area contributed by atoms with Crippen LogP contribution in [-0.2, 0) is 4.79 Å². The van der Waals surface area contributed by atoms with E-state index >= 15 is 0 Å². The van der Waals surface area contributed by atoms with E-state index < -0.39 is 0 Å². The Morgan fingerprint density at radius 3 is 3.00 bits per heavy atom. The van der Waals surface area contributed by atoms with E-state index in [1.807, 2.05) is 0 Å². The molecule has 0 amide bonds. The van der Waals surface area contributed by atoms with Gasteiger partial charge in [0.15, 0.2) is 0 Å². The van der Waals surface area contributed by atoms with Gasteiger partial charge in [0.25, 0.3) is 0 Å². The van der Waals surface area contributed by atoms with Crippen LogP contribution in [-0.4, -0.2) is 5.78 Å². The minimum absolute atomic E-state index is 0.382. The Kier molecular flexibility index (Phi) is 2.10. The maximum absolute atomic E-state index is 11.5. The predicted molar refractivity (Wildman–Crippen MR) is 53.4 cm³/mol. The summed E-state index contributed by atoms with van der Waals surface area (Å²) in [6, 6.07) is 0. The van der Waals surface area contributed by atoms with Crippen molar-refractivity contribution in [2.45, 2.75) is 32.6 Å². The van der Waals surface area contributed by atoms with E-state index in [0.717, 1.165) is 24.8 Å². The van der Waals surface area contributed by atoms with Gasteiger partial charge in [-0.15, -0.1) is 0 Å². The highest BCUT2D eigenvalue weighted by atomic mass is 16.1. The fraction of sp³-hybridized carbons (Fsp3) is 0.583. The number of carbonyl (C=O) groups is 1. The summed E-state index contributed by atoms with van der Waals surface area (Å²) in [7, 11) is 0. The quantitative estimate of drug-likeness (QED) is 0.519. The molecule has 0 spiro atoms. The minimum atomic E-state index is 0.382. The summed E-state index contributed by atoms with van der Waals surface area (Å²) in [5, 5.41) is 0. The van der Waals surface area contributed by atoms with Gasteiger partial charge in [0.05, 0.1) is 0 Å². The number of carbonyl (C=O) groups excluding carboxylic acids is 1. The molecule has 0 aromatic heterocycles. The first-order valence-electron chi connectivity index (χ1n) is 5.03. The molecule has 0 aromatic rings. The van der Waals surface area contributed by atoms with Gasteiger partial charge in [0, 0.05) is 12.8 Å². The molecule has 2 bridgehead atoms. The van der Waals surface area contributed by atoms with Crippen LogP contribution in [0.3, 0.4) is 0 Å². The average Bonchev–Trinajstić information content (AvgIpc) is 2.18. The van der Waals surface area contributed by atoms with Crippen LogP contribution >= 0.6 is 0 Å². The number of ketones is 1. The third kappa shape index (κ3) is 1.60. The lowest BCUT2D eigenvalue weighted by Crippen LogP contribution is -2.13. The van der Waals surface area contributed by atoms with Crippen LogP contribution in [0.25, 0.3) is 0 Å². The first-order valence-corrected chi connectivity index (χ1v) is 5.03. The van der Waals surface area contributed by atoms with Gasteiger partial charge in [-0.05, 0) is 31.6 Å². The van der Waals surface area contributed by atoms with Crippen molar-refractivity contribution >= 4 is 5.78 Å². The maximum Gasteiger partial charge on any atom is 0.137 e. The molecule has 0 saturated heterocycles. The second kappa shape index (κ2) is 3.13. The van der Waals surface area contributed by atoms with Crippen molar-refractivity contribution in [3.8, 4) is 0 Å². The first kappa shape index (κ1) is 8.74. The number of fused-ring (bicyclic) bond motifs is 2. The lowest BCUT2D eigenvalue weighted by molar-refractivity contribution is -0.118. The molecule has 2 atom stereocenters. The number of rotatable bonds is 0. The van der Waals surface area contributed by atoms with E-state index in [9.17, 15) is 4.79 Å². The topological polar surface area (TPSA) is 17.1 Å². The lowest BCUT2D eigenvalue weighted by atomic mass is 9.80. The molecule has 0 unspecified atom stereocenters. The van der Waals surface area contributed by atoms with E-state index in [4.69, 9.17) is 0 Å². The standard InChI is InChI=1S/C12H16O/c1-8-3-4-10-6-11(8)7-12(13)5-9(10)2/h3,10-11H,2,4-7H2,1H3/t10-,11+/m0/s1. The van der Waals surface area contributed by atoms with Crippen LogP contribution in [0.1, 0.15) is 32.6 Å². The molecule has 1 fully saturated rings. The van der Waals surface area contributed by atoms with Crippen molar-refractivity contribution in [3.63, 3.8) is 0 Å². The normalized spacial score (nSPS) is 34.1. The van der Waals surface area contributed by atoms with Crippen molar-refractivity contribution in [2.24, 2.45) is 11.8 Å². The average molecular weight is 176 g/mol. The zero-order valence-electron chi connectivity index (χ0n) is 8.18. The molecular formula is C12H16O. The molecule has 0 radical (unpaired) electrons. The molecule has 2 rings (SSSR count). The highest BCUT2D eigenvalue weighted by molar-refractivity contribution is 5.82. The Labute approximate surface area is 79.5 Å². The number of hydrogen-bond acceptors (Lipinski definition) is 1. The molecule has 1 nitrogen and oxygen atoms in total. The Balaban J connectivity index is 2.27. The van der Waals surface area contributed by atoms with E-state index in [1.165, 1.54) is 5.57 Å². The predicted octanol–water partition coefficient (Wildman–Crippen LogP) is 2.88. The fourth-order valence-corrected chi connectivity index (χ4v) is 2.44. The molecule has 2 aliphatic rings. The van der Waals surface area contributed by atoms with Crippen LogP contribution in [0.4, 0.5) is 0 Å². The lowest BCUT2D eigenvalue weighted by Gasteiger charge is -2.25. The van der Waals surface area contributed by atoms with Crippen molar-refractivity contribution in [1.82, 2.24) is 0 Å². The molecule has 0 aromatic carbocycles. The molecule has 2 aliphatic carbocycles. The molecule has 70 valence electrons. The van der Waals surface area contributed by atoms with Crippen molar-refractivity contribution < 1.29 is 4.79 Å². The zero-order chi connectivity index (χ0) is 9.42. The third-order valence-corrected chi connectivity index (χ3v) is 3.41. The molecule has 0 heterocycles. The van der Waals surface area contributed by atoms with Gasteiger partial charge in [-0.3, -0.25) is 4.79 Å². The SMILES string of the molecule is C=C1CC(=O)C[C@H]2C[C@@H]1CC=C2C. The Morgan fingerprint density at radius 1 is 1.46 bits per heavy atom. The summed E-state index contributed by atoms with van der Waals surface area (Å²) in [5.74, 6) is 1.48. The highest BCUT2D eigenvalue weighted by Crippen LogP contribution is 2.39. The van der Waals surface area contributed by atoms with Gasteiger partial charge >= 0.3 is 0 Å². The maximum atomic E-state index is 11.5. The second-order valence-electron chi connectivity index (χ2n) is 4.39. The van der Waals surface area contributed by atoms with E-state index in [1.54, 1.807) is 0 Å². The number of hydrogen-bond donors (Lipinski definition) is 0. The first-order chi connectivity index (χ1) is 6.16. The summed E-state index contributed by atoms with van der Waals surface area (Å²) in [5.41, 5.74) is 2.58. The summed E-state index contributed by atoms with van der Waals surface area (Å²) >= 11 is 0. The van der Waals surface area contributed by atoms with E-state index in [0.29, 0.717) is 24.0 Å². The minimum Gasteiger partial charge on any atom is -0.299 e. The van der Waals surface area contributed by atoms with Crippen LogP contribution in [0.2, 0.25) is 0 Å². The molecule has 1 saturated carbocycles. The highest BCUT2D eigenvalue weighted by Gasteiger charge is 2.29. The van der Waals surface area contributed by atoms with Gasteiger partial charge < -0.3 is 0 Å². The molecule has 13 heavy (non-hydrogen) atoms. The van der Waals surface area contributed by atoms with Crippen LogP contribution in [0.15, 0.2) is 23.8 Å². The van der Waals surface area contributed by atoms with Crippen LogP contribution in [0, 0.1) is 11.8 Å². The molecule has 0 aliphatic heterocycles. The summed E-state index contributed by atoms with van der Waals surface area (Å²) < 4.78 is 0. The molecule has 0 N–H and O–H groups in total. The molecule has 1 heteroatoms. The van der Waals surface area contributed by atoms with Crippen LogP contribution in [0.5, 0.6) is 0 Å². The monoisotopic (exact) mass is 176 g/mol. The second-order valence-corrected chi connectivity index (χ2v) is 4.39. The van der Waals surface area contributed by atoms with E-state index in [-0.39, 0.29) is 0 Å². The Hall–Kier alpha value is -0.850. The van der Waals surface area contributed by atoms with Gasteiger partial charge in [-0.25, -0.2) is 0 Å². The summed E-state index contributed by atoms with van der Waals surface area (Å²) in [4.78, 5) is 11.5. The Morgan fingerprint density at radius 2 is 2.23 bits per heavy atom. The van der Waals surface area contributed by atoms with Crippen LogP contribution < -0.4 is 0 Å². The van der Waals surface area contributed by atoms with Crippen molar-refractivity contribution in [3.05, 3.63) is 23.8 Å². The largest absolute Gasteiger partial charge is 0.299 e. The smallest absolute Gasteiger partial charge is 0.137 e. The van der Waals surface area contributed by atoms with Gasteiger partial charge in [-0.2, -0.15) is 0 Å². The molecular weight excluding hydrogens is 160 g/mol. The zero-order valence-corrected chi connectivity index (χ0v) is 8.18. The summed E-state index contributed by atoms with van der Waals surface area (Å²) in [6.07, 6.45) is 5.93. The van der Waals surface area contributed by atoms with E-state index in [2.05, 4.69) is 19.6 Å². The number of allylic oxidation sites excluding steroid dienone is 3. The fourth-order valence-electron chi connectivity index (χ4n) is 2.44. The third-order valence-electron chi connectivity index (χ3n) is 3.41. The number of Topliss-reactive ketones (excluding diaryl/α,β-unsaturated/α-hetero) is 1. The Bertz CT molecular complexity index is 285. The van der Waals surface area contributed by atoms with Gasteiger partial charge in [-0.1, -0.05) is 23.8 Å².